The number of amides is 2. The molecule has 0 aliphatic carbocycles. The highest BCUT2D eigenvalue weighted by atomic mass is 35.5. The normalized spacial score (nSPS) is 10.7. The molecule has 35 heavy (non-hydrogen) atoms. The number of nitriles is 1. The lowest BCUT2D eigenvalue weighted by atomic mass is 10.1. The van der Waals surface area contributed by atoms with Crippen LogP contribution in [0.4, 0.5) is 15.8 Å². The summed E-state index contributed by atoms with van der Waals surface area (Å²) in [5, 5.41) is 15.1. The van der Waals surface area contributed by atoms with Gasteiger partial charge < -0.3 is 20.1 Å². The van der Waals surface area contributed by atoms with E-state index in [9.17, 15) is 19.2 Å². The third-order valence-corrected chi connectivity index (χ3v) is 4.78. The van der Waals surface area contributed by atoms with E-state index in [2.05, 4.69) is 10.6 Å². The van der Waals surface area contributed by atoms with Crippen molar-refractivity contribution in [1.82, 2.24) is 0 Å². The first-order chi connectivity index (χ1) is 16.9. The van der Waals surface area contributed by atoms with Crippen LogP contribution in [0.3, 0.4) is 0 Å². The van der Waals surface area contributed by atoms with Crippen LogP contribution in [0.1, 0.15) is 12.5 Å². The molecule has 0 saturated heterocycles. The highest BCUT2D eigenvalue weighted by Crippen LogP contribution is 2.26. The Labute approximate surface area is 206 Å². The molecule has 2 amide bonds. The topological polar surface area (TPSA) is 100 Å². The molecular formula is C26H21ClFN3O4. The fraction of sp³-hybridized carbons (Fsp3) is 0.115. The number of anilines is 2. The van der Waals surface area contributed by atoms with Crippen LogP contribution >= 0.6 is 11.6 Å². The standard InChI is InChI=1S/C26H21ClFN3O4/c1-2-34-23-10-8-22(9-11-23)31-26(33)18(15-29)13-17-14-19(27)3-12-24(17)35-16-25(32)30-21-6-4-20(28)5-7-21/h3-14H,2,16H2,1H3,(H,30,32)(H,31,33)/b18-13+. The Hall–Kier alpha value is -4.35. The van der Waals surface area contributed by atoms with Crippen molar-refractivity contribution >= 4 is 40.9 Å². The number of hydrogen-bond acceptors (Lipinski definition) is 5. The zero-order valence-corrected chi connectivity index (χ0v) is 19.4. The lowest BCUT2D eigenvalue weighted by molar-refractivity contribution is -0.118. The molecule has 0 saturated carbocycles. The Morgan fingerprint density at radius 1 is 1.00 bits per heavy atom. The minimum absolute atomic E-state index is 0.193. The molecule has 3 aromatic carbocycles. The maximum Gasteiger partial charge on any atom is 0.266 e. The lowest BCUT2D eigenvalue weighted by Gasteiger charge is -2.11. The summed E-state index contributed by atoms with van der Waals surface area (Å²) >= 11 is 6.09. The predicted molar refractivity (Wildman–Crippen MR) is 132 cm³/mol. The average Bonchev–Trinajstić information content (AvgIpc) is 2.84. The van der Waals surface area contributed by atoms with Crippen LogP contribution in [0.25, 0.3) is 6.08 Å². The van der Waals surface area contributed by atoms with Crippen LogP contribution in [0.15, 0.2) is 72.3 Å². The molecule has 0 radical (unpaired) electrons. The summed E-state index contributed by atoms with van der Waals surface area (Å²) < 4.78 is 24.0. The first-order valence-corrected chi connectivity index (χ1v) is 10.9. The molecule has 3 rings (SSSR count). The number of nitrogens with zero attached hydrogens (tertiary/aromatic N) is 1. The van der Waals surface area contributed by atoms with Gasteiger partial charge in [0, 0.05) is 22.0 Å². The van der Waals surface area contributed by atoms with Crippen LogP contribution in [-0.2, 0) is 9.59 Å². The fourth-order valence-electron chi connectivity index (χ4n) is 2.94. The molecule has 2 N–H and O–H groups in total. The second-order valence-corrected chi connectivity index (χ2v) is 7.54. The fourth-order valence-corrected chi connectivity index (χ4v) is 3.12. The number of rotatable bonds is 9. The number of nitrogens with one attached hydrogen (secondary N) is 2. The van der Waals surface area contributed by atoms with Gasteiger partial charge in [0.2, 0.25) is 0 Å². The van der Waals surface area contributed by atoms with Crippen molar-refractivity contribution in [2.45, 2.75) is 6.92 Å². The van der Waals surface area contributed by atoms with E-state index in [4.69, 9.17) is 21.1 Å². The molecule has 7 nitrogen and oxygen atoms in total. The summed E-state index contributed by atoms with van der Waals surface area (Å²) in [5.41, 5.74) is 1.04. The van der Waals surface area contributed by atoms with Crippen molar-refractivity contribution < 1.29 is 23.5 Å². The summed E-state index contributed by atoms with van der Waals surface area (Å²) in [6.07, 6.45) is 1.32. The molecule has 9 heteroatoms. The van der Waals surface area contributed by atoms with Crippen molar-refractivity contribution in [2.24, 2.45) is 0 Å². The van der Waals surface area contributed by atoms with Gasteiger partial charge in [-0.3, -0.25) is 9.59 Å². The zero-order chi connectivity index (χ0) is 25.2. The van der Waals surface area contributed by atoms with Crippen LogP contribution in [0, 0.1) is 17.1 Å². The summed E-state index contributed by atoms with van der Waals surface area (Å²) in [4.78, 5) is 24.9. The Balaban J connectivity index is 1.71. The second kappa shape index (κ2) is 12.2. The van der Waals surface area contributed by atoms with Crippen molar-refractivity contribution in [3.8, 4) is 17.6 Å². The SMILES string of the molecule is CCOc1ccc(NC(=O)/C(C#N)=C/c2cc(Cl)ccc2OCC(=O)Nc2ccc(F)cc2)cc1. The van der Waals surface area contributed by atoms with E-state index in [0.717, 1.165) is 0 Å². The molecule has 0 spiro atoms. The lowest BCUT2D eigenvalue weighted by Crippen LogP contribution is -2.20. The summed E-state index contributed by atoms with van der Waals surface area (Å²) in [6.45, 7) is 2.02. The first-order valence-electron chi connectivity index (χ1n) is 10.5. The Morgan fingerprint density at radius 2 is 1.66 bits per heavy atom. The molecule has 0 unspecified atom stereocenters. The van der Waals surface area contributed by atoms with Gasteiger partial charge >= 0.3 is 0 Å². The van der Waals surface area contributed by atoms with Crippen LogP contribution in [0.2, 0.25) is 5.02 Å². The monoisotopic (exact) mass is 493 g/mol. The first kappa shape index (κ1) is 25.3. The largest absolute Gasteiger partial charge is 0.494 e. The Morgan fingerprint density at radius 3 is 2.31 bits per heavy atom. The molecule has 0 heterocycles. The van der Waals surface area contributed by atoms with Crippen LogP contribution in [-0.4, -0.2) is 25.0 Å². The molecule has 0 fully saturated rings. The van der Waals surface area contributed by atoms with Crippen molar-refractivity contribution in [3.05, 3.63) is 88.7 Å². The van der Waals surface area contributed by atoms with Crippen LogP contribution in [0.5, 0.6) is 11.5 Å². The molecule has 0 aliphatic heterocycles. The smallest absolute Gasteiger partial charge is 0.266 e. The van der Waals surface area contributed by atoms with E-state index in [-0.39, 0.29) is 17.9 Å². The van der Waals surface area contributed by atoms with E-state index in [1.54, 1.807) is 30.3 Å². The van der Waals surface area contributed by atoms with Gasteiger partial charge in [0.25, 0.3) is 11.8 Å². The molecular weight excluding hydrogens is 473 g/mol. The summed E-state index contributed by atoms with van der Waals surface area (Å²) in [6, 6.07) is 18.5. The highest BCUT2D eigenvalue weighted by Gasteiger charge is 2.13. The van der Waals surface area contributed by atoms with E-state index in [0.29, 0.717) is 34.3 Å². The summed E-state index contributed by atoms with van der Waals surface area (Å²) in [5.74, 6) is -0.625. The number of benzene rings is 3. The second-order valence-electron chi connectivity index (χ2n) is 7.11. The van der Waals surface area contributed by atoms with E-state index >= 15 is 0 Å². The molecule has 3 aromatic rings. The molecule has 178 valence electrons. The quantitative estimate of drug-likeness (QED) is 0.305. The van der Waals surface area contributed by atoms with E-state index in [1.165, 1.54) is 42.5 Å². The van der Waals surface area contributed by atoms with Gasteiger partial charge in [-0.25, -0.2) is 4.39 Å². The third kappa shape index (κ3) is 7.59. The van der Waals surface area contributed by atoms with Gasteiger partial charge in [-0.1, -0.05) is 11.6 Å². The van der Waals surface area contributed by atoms with Gasteiger partial charge in [-0.2, -0.15) is 5.26 Å². The number of halogens is 2. The zero-order valence-electron chi connectivity index (χ0n) is 18.7. The number of hydrogen-bond donors (Lipinski definition) is 2. The number of ether oxygens (including phenoxy) is 2. The van der Waals surface area contributed by atoms with Crippen molar-refractivity contribution in [3.63, 3.8) is 0 Å². The third-order valence-electron chi connectivity index (χ3n) is 4.55. The van der Waals surface area contributed by atoms with Gasteiger partial charge in [0.1, 0.15) is 29.0 Å². The average molecular weight is 494 g/mol. The maximum absolute atomic E-state index is 13.0. The van der Waals surface area contributed by atoms with Gasteiger partial charge in [-0.15, -0.1) is 0 Å². The maximum atomic E-state index is 13.0. The molecule has 0 aromatic heterocycles. The van der Waals surface area contributed by atoms with E-state index < -0.39 is 17.6 Å². The molecule has 0 aliphatic rings. The molecule has 0 atom stereocenters. The Kier molecular flexibility index (Phi) is 8.82. The van der Waals surface area contributed by atoms with Crippen molar-refractivity contribution in [2.75, 3.05) is 23.8 Å². The van der Waals surface area contributed by atoms with Crippen LogP contribution < -0.4 is 20.1 Å². The van der Waals surface area contributed by atoms with Gasteiger partial charge in [-0.05, 0) is 79.7 Å². The number of carbonyl (C=O) groups is 2. The highest BCUT2D eigenvalue weighted by molar-refractivity contribution is 6.30. The predicted octanol–water partition coefficient (Wildman–Crippen LogP) is 5.44. The minimum atomic E-state index is -0.628. The summed E-state index contributed by atoms with van der Waals surface area (Å²) in [7, 11) is 0. The Bertz CT molecular complexity index is 1270. The van der Waals surface area contributed by atoms with Gasteiger partial charge in [0.15, 0.2) is 6.61 Å². The minimum Gasteiger partial charge on any atom is -0.494 e. The van der Waals surface area contributed by atoms with E-state index in [1.807, 2.05) is 13.0 Å². The van der Waals surface area contributed by atoms with Crippen molar-refractivity contribution in [1.29, 1.82) is 5.26 Å². The number of carbonyl (C=O) groups excluding carboxylic acids is 2. The molecule has 0 bridgehead atoms. The van der Waals surface area contributed by atoms with Gasteiger partial charge in [0.05, 0.1) is 6.61 Å².